The van der Waals surface area contributed by atoms with Gasteiger partial charge in [-0.15, -0.1) is 0 Å². The van der Waals surface area contributed by atoms with Gasteiger partial charge in [0.2, 0.25) is 0 Å². The average Bonchev–Trinajstić information content (AvgIpc) is 1.64. The average molecular weight is 1940 g/mol. The van der Waals surface area contributed by atoms with E-state index in [1.165, 1.54) is 0 Å². The lowest BCUT2D eigenvalue weighted by Gasteiger charge is -2.16. The predicted molar refractivity (Wildman–Crippen MR) is 524 cm³/mol. The Bertz CT molecular complexity index is 4150. The first-order valence-corrected chi connectivity index (χ1v) is 48.8. The van der Waals surface area contributed by atoms with Crippen molar-refractivity contribution >= 4 is 0 Å². The first-order chi connectivity index (χ1) is 69.2. The Morgan fingerprint density at radius 2 is 0.209 bits per heavy atom. The zero-order chi connectivity index (χ0) is 96.0. The van der Waals surface area contributed by atoms with Gasteiger partial charge in [0.1, 0.15) is 77.6 Å². The molecule has 0 aliphatic carbocycles. The van der Waals surface area contributed by atoms with Gasteiger partial charge in [0, 0.05) is 18.9 Å². The molecule has 2 bridgehead atoms. The molecule has 9 aromatic carbocycles. The van der Waals surface area contributed by atoms with Crippen molar-refractivity contribution in [2.24, 2.45) is 0 Å². The SMILES string of the molecule is c1cc2cc(c1)OCCOCCOCCOCCO2.c1ccc2c(c1)OCCCCCCOc1ccccc1OCCCCCCO2.c1ccc2c(c1)OCCCOc1ccccc1OCCCO2.c1ccc2c(c1)OCCOCCO2.c1ccc2c(c1)OCCOCCOCCO2.c1ccc2c(c1)OCCOCCOCCOCCO2.c1ccc2c(c1)OCCOCCOCCOCCOCCO2. The number of rotatable bonds is 0. The van der Waals surface area contributed by atoms with Crippen LogP contribution in [0.1, 0.15) is 64.2 Å². The molecule has 0 radical (unpaired) electrons. The first-order valence-electron chi connectivity index (χ1n) is 48.8. The maximum absolute atomic E-state index is 5.94. The summed E-state index contributed by atoms with van der Waals surface area (Å²) in [5.74, 6) is 14.1. The molecule has 0 aromatic heterocycles. The minimum Gasteiger partial charge on any atom is -0.491 e. The summed E-state index contributed by atoms with van der Waals surface area (Å²) < 4.78 is 173. The Hall–Kier alpha value is -11.1. The third kappa shape index (κ3) is 50.0. The fourth-order valence-corrected chi connectivity index (χ4v) is 13.2. The van der Waals surface area contributed by atoms with Gasteiger partial charge in [-0.3, -0.25) is 0 Å². The third-order valence-corrected chi connectivity index (χ3v) is 20.2. The molecule has 31 nitrogen and oxygen atoms in total. The molecular formula is C108H144O31. The summed E-state index contributed by atoms with van der Waals surface area (Å²) >= 11 is 0. The molecule has 9 aromatic rings. The first kappa shape index (κ1) is 110. The molecule has 31 heteroatoms. The van der Waals surface area contributed by atoms with Gasteiger partial charge in [-0.2, -0.15) is 0 Å². The third-order valence-electron chi connectivity index (χ3n) is 20.2. The Kier molecular flexibility index (Phi) is 59.2. The lowest BCUT2D eigenvalue weighted by atomic mass is 10.2. The van der Waals surface area contributed by atoms with Crippen LogP contribution < -0.4 is 85.3 Å². The zero-order valence-electron chi connectivity index (χ0n) is 80.6. The van der Waals surface area contributed by atoms with E-state index in [0.717, 1.165) is 183 Å². The highest BCUT2D eigenvalue weighted by atomic mass is 16.6. The molecule has 0 fully saturated rings. The van der Waals surface area contributed by atoms with Crippen molar-refractivity contribution in [3.8, 4) is 103 Å². The largest absolute Gasteiger partial charge is 0.491 e. The van der Waals surface area contributed by atoms with Gasteiger partial charge in [-0.25, -0.2) is 0 Å². The highest BCUT2D eigenvalue weighted by molar-refractivity contribution is 5.45. The van der Waals surface area contributed by atoms with Gasteiger partial charge in [0.05, 0.1) is 225 Å². The quantitative estimate of drug-likeness (QED) is 0.136. The van der Waals surface area contributed by atoms with Crippen molar-refractivity contribution in [2.45, 2.75) is 64.2 Å². The van der Waals surface area contributed by atoms with E-state index in [2.05, 4.69) is 0 Å². The van der Waals surface area contributed by atoms with Crippen molar-refractivity contribution in [2.75, 3.05) is 291 Å². The summed E-state index contributed by atoms with van der Waals surface area (Å²) in [6.45, 7) is 25.1. The van der Waals surface area contributed by atoms with Crippen LogP contribution in [0.3, 0.4) is 0 Å². The van der Waals surface area contributed by atoms with Gasteiger partial charge in [0.25, 0.3) is 0 Å². The summed E-state index contributed by atoms with van der Waals surface area (Å²) in [6.07, 6.45) is 10.2. The van der Waals surface area contributed by atoms with E-state index in [9.17, 15) is 0 Å². The van der Waals surface area contributed by atoms with E-state index < -0.39 is 0 Å². The van der Waals surface area contributed by atoms with Crippen molar-refractivity contribution in [3.63, 3.8) is 0 Å². The van der Waals surface area contributed by atoms with Gasteiger partial charge in [-0.1, -0.05) is 103 Å². The van der Waals surface area contributed by atoms with Gasteiger partial charge < -0.3 is 147 Å². The topological polar surface area (TPSA) is 286 Å². The molecule has 7 aliphatic heterocycles. The molecule has 0 saturated heterocycles. The summed E-state index contributed by atoms with van der Waals surface area (Å²) in [5.41, 5.74) is 0. The maximum Gasteiger partial charge on any atom is 0.161 e. The van der Waals surface area contributed by atoms with Crippen LogP contribution in [-0.4, -0.2) is 291 Å². The molecule has 0 spiro atoms. The van der Waals surface area contributed by atoms with E-state index in [4.69, 9.17) is 147 Å². The van der Waals surface area contributed by atoms with Crippen molar-refractivity contribution in [3.05, 3.63) is 218 Å². The molecule has 7 heterocycles. The van der Waals surface area contributed by atoms with Crippen LogP contribution in [0.25, 0.3) is 0 Å². The molecule has 762 valence electrons. The van der Waals surface area contributed by atoms with Crippen LogP contribution in [0.5, 0.6) is 103 Å². The normalized spacial score (nSPS) is 18.0. The lowest BCUT2D eigenvalue weighted by Crippen LogP contribution is -2.15. The molecule has 0 saturated carbocycles. The smallest absolute Gasteiger partial charge is 0.161 e. The number of ether oxygens (including phenoxy) is 31. The minimum atomic E-state index is 0.472. The second-order valence-electron chi connectivity index (χ2n) is 30.8. The second-order valence-corrected chi connectivity index (χ2v) is 30.8. The van der Waals surface area contributed by atoms with E-state index >= 15 is 0 Å². The summed E-state index contributed by atoms with van der Waals surface area (Å²) in [4.78, 5) is 0. The van der Waals surface area contributed by atoms with Gasteiger partial charge in [-0.05, 0) is 161 Å². The minimum absolute atomic E-state index is 0.472. The Balaban J connectivity index is 0.000000169. The summed E-state index contributed by atoms with van der Waals surface area (Å²) in [6, 6.07) is 69.5. The molecule has 0 atom stereocenters. The highest BCUT2D eigenvalue weighted by Gasteiger charge is 2.16. The lowest BCUT2D eigenvalue weighted by molar-refractivity contribution is -0.00841. The number of benzene rings is 9. The fourth-order valence-electron chi connectivity index (χ4n) is 13.2. The van der Waals surface area contributed by atoms with Crippen molar-refractivity contribution in [1.29, 1.82) is 0 Å². The van der Waals surface area contributed by atoms with Gasteiger partial charge in [0.15, 0.2) is 92.0 Å². The van der Waals surface area contributed by atoms with Crippen LogP contribution in [0, 0.1) is 0 Å². The van der Waals surface area contributed by atoms with E-state index in [-0.39, 0.29) is 0 Å². The summed E-state index contributed by atoms with van der Waals surface area (Å²) in [7, 11) is 0. The van der Waals surface area contributed by atoms with E-state index in [1.807, 2.05) is 218 Å². The predicted octanol–water partition coefficient (Wildman–Crippen LogP) is 17.2. The Morgan fingerprint density at radius 1 is 0.0935 bits per heavy atom. The van der Waals surface area contributed by atoms with E-state index in [1.54, 1.807) is 0 Å². The molecule has 0 unspecified atom stereocenters. The number of para-hydroxylation sites is 16. The molecule has 16 rings (SSSR count). The van der Waals surface area contributed by atoms with Crippen molar-refractivity contribution in [1.82, 2.24) is 0 Å². The van der Waals surface area contributed by atoms with Crippen LogP contribution >= 0.6 is 0 Å². The standard InChI is InChI=1S/C24H32O4.C18H20O4.C16H24O6.2C14H20O5.C12H16O4.C10H12O3/c1-2-10-18-26-23-15-7-8-16-24(23)28-20-12-4-3-11-19-27-22-14-6-5-13-21(22)25-17-9-1;1-2-8-16-15(7-1)19-11-5-13-21-17-9-3-4-10-18(17)22-14-6-12-20-16;1-2-4-16-15(3-1)21-13-11-19-9-7-17-5-6-18-8-10-20-12-14-22-16;1-2-13-12-14(3-1)19-11-9-17-7-5-15-4-6-16-8-10-18-13;1-2-4-14-13(3-1)18-11-9-16-7-5-15-6-8-17-10-12-19-14;1-2-4-12-11(3-1)15-9-7-13-5-6-14-8-10-16-12;1-2-4-10-9(3-1)12-7-5-11-6-8-13-10/h5-8,13-16H,1-4,9-12,17-20H2;1-4,7-10H,5-6,11-14H2;1-4H,5-14H2;1-3,12H,4-11H2;1-4H,5-12H2;1-4H,5-10H2;1-4H,5-8H2. The highest BCUT2D eigenvalue weighted by Crippen LogP contribution is 2.35. The van der Waals surface area contributed by atoms with Crippen LogP contribution in [-0.2, 0) is 61.6 Å². The number of fused-ring (bicyclic) bond motifs is 10. The molecule has 7 aliphatic rings. The van der Waals surface area contributed by atoms with E-state index in [0.29, 0.717) is 276 Å². The second kappa shape index (κ2) is 74.8. The van der Waals surface area contributed by atoms with Crippen LogP contribution in [0.15, 0.2) is 218 Å². The van der Waals surface area contributed by atoms with Crippen LogP contribution in [0.2, 0.25) is 0 Å². The fraction of sp³-hybridized carbons (Fsp3) is 0.500. The number of hydrogen-bond acceptors (Lipinski definition) is 31. The number of hydrogen-bond donors (Lipinski definition) is 0. The summed E-state index contributed by atoms with van der Waals surface area (Å²) in [5, 5.41) is 0. The molecule has 139 heavy (non-hydrogen) atoms. The molecular weight excluding hydrogens is 1790 g/mol. The monoisotopic (exact) mass is 1940 g/mol. The van der Waals surface area contributed by atoms with Crippen LogP contribution in [0.4, 0.5) is 0 Å². The Morgan fingerprint density at radius 3 is 0.353 bits per heavy atom. The zero-order valence-corrected chi connectivity index (χ0v) is 80.6. The maximum atomic E-state index is 5.94. The Labute approximate surface area is 819 Å². The van der Waals surface area contributed by atoms with Crippen molar-refractivity contribution < 1.29 is 147 Å². The molecule has 0 N–H and O–H groups in total. The molecule has 0 amide bonds. The van der Waals surface area contributed by atoms with Gasteiger partial charge >= 0.3 is 0 Å².